The van der Waals surface area contributed by atoms with E-state index < -0.39 is 10.8 Å². The number of aromatic nitrogens is 2. The molecule has 3 aromatic rings. The minimum Gasteiger partial charge on any atom is -0.497 e. The zero-order valence-electron chi connectivity index (χ0n) is 15.4. The first-order valence-corrected chi connectivity index (χ1v) is 8.52. The van der Waals surface area contributed by atoms with Crippen molar-refractivity contribution in [2.45, 2.75) is 0 Å². The zero-order chi connectivity index (χ0) is 20.6. The van der Waals surface area contributed by atoms with Gasteiger partial charge in [0.05, 0.1) is 23.3 Å². The second-order valence-corrected chi connectivity index (χ2v) is 5.79. The predicted octanol–water partition coefficient (Wildman–Crippen LogP) is 3.42. The van der Waals surface area contributed by atoms with Crippen LogP contribution in [0.4, 0.5) is 5.69 Å². The molecule has 0 atom stereocenters. The van der Waals surface area contributed by atoms with Crippen LogP contribution in [0.15, 0.2) is 65.8 Å². The van der Waals surface area contributed by atoms with Crippen LogP contribution in [0.1, 0.15) is 16.1 Å². The maximum atomic E-state index is 12.1. The maximum Gasteiger partial charge on any atom is 0.289 e. The van der Waals surface area contributed by atoms with Gasteiger partial charge in [-0.05, 0) is 48.6 Å². The largest absolute Gasteiger partial charge is 0.497 e. The van der Waals surface area contributed by atoms with Gasteiger partial charge < -0.3 is 4.74 Å². The first kappa shape index (κ1) is 19.5. The number of aromatic amines is 1. The minimum absolute atomic E-state index is 0.00953. The van der Waals surface area contributed by atoms with Crippen LogP contribution in [-0.2, 0) is 0 Å². The van der Waals surface area contributed by atoms with E-state index in [4.69, 9.17) is 4.74 Å². The number of ether oxygens (including phenoxy) is 1. The fraction of sp³-hybridized carbons (Fsp3) is 0.0500. The molecule has 1 amide bonds. The SMILES string of the molecule is COc1ccc(-c2cc(C(=O)N/N=C\C=C\c3ccccc3[N+](=O)[O-])[nH]n2)cc1. The van der Waals surface area contributed by atoms with Crippen LogP contribution in [0, 0.1) is 10.1 Å². The van der Waals surface area contributed by atoms with Crippen LogP contribution >= 0.6 is 0 Å². The van der Waals surface area contributed by atoms with Gasteiger partial charge in [-0.2, -0.15) is 10.2 Å². The number of benzene rings is 2. The molecule has 0 bridgehead atoms. The van der Waals surface area contributed by atoms with Gasteiger partial charge in [0.25, 0.3) is 11.6 Å². The molecule has 1 aromatic heterocycles. The molecule has 9 nitrogen and oxygen atoms in total. The van der Waals surface area contributed by atoms with Crippen molar-refractivity contribution in [3.05, 3.63) is 82.0 Å². The third kappa shape index (κ3) is 4.92. The van der Waals surface area contributed by atoms with E-state index in [2.05, 4.69) is 20.7 Å². The molecule has 0 unspecified atom stereocenters. The molecule has 2 N–H and O–H groups in total. The van der Waals surface area contributed by atoms with E-state index in [1.807, 2.05) is 12.1 Å². The number of hydrazone groups is 1. The van der Waals surface area contributed by atoms with Crippen LogP contribution in [0.3, 0.4) is 0 Å². The summed E-state index contributed by atoms with van der Waals surface area (Å²) in [6, 6.07) is 15.2. The zero-order valence-corrected chi connectivity index (χ0v) is 15.4. The Labute approximate surface area is 165 Å². The summed E-state index contributed by atoms with van der Waals surface area (Å²) in [5.74, 6) is 0.262. The Morgan fingerprint density at radius 2 is 2.00 bits per heavy atom. The Kier molecular flexibility index (Phi) is 6.11. The second kappa shape index (κ2) is 9.09. The monoisotopic (exact) mass is 391 g/mol. The molecule has 9 heteroatoms. The number of allylic oxidation sites excluding steroid dienone is 1. The molecule has 1 heterocycles. The molecular weight excluding hydrogens is 374 g/mol. The molecule has 3 rings (SSSR count). The molecule has 0 saturated heterocycles. The summed E-state index contributed by atoms with van der Waals surface area (Å²) in [7, 11) is 1.59. The Hall–Kier alpha value is -4.27. The highest BCUT2D eigenvalue weighted by molar-refractivity contribution is 5.94. The molecule has 0 aliphatic carbocycles. The minimum atomic E-state index is -0.465. The third-order valence-corrected chi connectivity index (χ3v) is 3.94. The molecule has 2 aromatic carbocycles. The number of nitro benzene ring substituents is 1. The molecule has 0 aliphatic rings. The lowest BCUT2D eigenvalue weighted by atomic mass is 10.1. The third-order valence-electron chi connectivity index (χ3n) is 3.94. The molecular formula is C20H17N5O4. The molecule has 29 heavy (non-hydrogen) atoms. The summed E-state index contributed by atoms with van der Waals surface area (Å²) in [6.45, 7) is 0. The standard InChI is InChI=1S/C20H17N5O4/c1-29-16-10-8-14(9-11-16)17-13-18(23-22-17)20(26)24-21-12-4-6-15-5-2-3-7-19(15)25(27)28/h2-13H,1H3,(H,22,23)(H,24,26)/b6-4+,21-12-. The number of hydrogen-bond donors (Lipinski definition) is 2. The Bertz CT molecular complexity index is 1070. The van der Waals surface area contributed by atoms with Crippen molar-refractivity contribution in [2.24, 2.45) is 5.10 Å². The quantitative estimate of drug-likeness (QED) is 0.363. The van der Waals surface area contributed by atoms with E-state index in [0.717, 1.165) is 11.3 Å². The van der Waals surface area contributed by atoms with Gasteiger partial charge in [0.2, 0.25) is 0 Å². The lowest BCUT2D eigenvalue weighted by Gasteiger charge is -1.99. The number of nitrogens with one attached hydrogen (secondary N) is 2. The summed E-state index contributed by atoms with van der Waals surface area (Å²) >= 11 is 0. The summed E-state index contributed by atoms with van der Waals surface area (Å²) in [5, 5.41) is 21.5. The van der Waals surface area contributed by atoms with Crippen molar-refractivity contribution in [3.8, 4) is 17.0 Å². The van der Waals surface area contributed by atoms with Crippen molar-refractivity contribution in [1.82, 2.24) is 15.6 Å². The number of amides is 1. The second-order valence-electron chi connectivity index (χ2n) is 5.79. The van der Waals surface area contributed by atoms with Gasteiger partial charge in [0.15, 0.2) is 0 Å². The summed E-state index contributed by atoms with van der Waals surface area (Å²) in [4.78, 5) is 22.6. The number of nitro groups is 1. The number of rotatable bonds is 7. The number of para-hydroxylation sites is 1. The number of H-pyrrole nitrogens is 1. The van der Waals surface area contributed by atoms with Crippen molar-refractivity contribution in [1.29, 1.82) is 0 Å². The highest BCUT2D eigenvalue weighted by atomic mass is 16.6. The molecule has 0 spiro atoms. The molecule has 0 radical (unpaired) electrons. The van der Waals surface area contributed by atoms with Gasteiger partial charge in [-0.1, -0.05) is 12.1 Å². The van der Waals surface area contributed by atoms with Crippen LogP contribution in [-0.4, -0.2) is 34.4 Å². The van der Waals surface area contributed by atoms with Crippen molar-refractivity contribution >= 4 is 23.9 Å². The van der Waals surface area contributed by atoms with E-state index >= 15 is 0 Å². The number of carbonyl (C=O) groups is 1. The lowest BCUT2D eigenvalue weighted by Crippen LogP contribution is -2.17. The fourth-order valence-electron chi connectivity index (χ4n) is 2.49. The number of carbonyl (C=O) groups excluding carboxylic acids is 1. The van der Waals surface area contributed by atoms with Crippen LogP contribution in [0.5, 0.6) is 5.75 Å². The van der Waals surface area contributed by atoms with Crippen LogP contribution in [0.25, 0.3) is 17.3 Å². The first-order chi connectivity index (χ1) is 14.1. The summed E-state index contributed by atoms with van der Waals surface area (Å²) < 4.78 is 5.11. The average molecular weight is 391 g/mol. The Balaban J connectivity index is 1.60. The predicted molar refractivity (Wildman–Crippen MR) is 109 cm³/mol. The number of methoxy groups -OCH3 is 1. The van der Waals surface area contributed by atoms with Gasteiger partial charge in [-0.25, -0.2) is 5.43 Å². The van der Waals surface area contributed by atoms with Gasteiger partial charge >= 0.3 is 0 Å². The van der Waals surface area contributed by atoms with Gasteiger partial charge in [0.1, 0.15) is 11.4 Å². The topological polar surface area (TPSA) is 123 Å². The van der Waals surface area contributed by atoms with Crippen molar-refractivity contribution < 1.29 is 14.5 Å². The van der Waals surface area contributed by atoms with E-state index in [9.17, 15) is 14.9 Å². The Morgan fingerprint density at radius 1 is 1.24 bits per heavy atom. The van der Waals surface area contributed by atoms with Gasteiger partial charge in [-0.3, -0.25) is 20.0 Å². The summed E-state index contributed by atoms with van der Waals surface area (Å²) in [6.07, 6.45) is 4.36. The Morgan fingerprint density at radius 3 is 2.72 bits per heavy atom. The van der Waals surface area contributed by atoms with Gasteiger partial charge in [-0.15, -0.1) is 0 Å². The van der Waals surface area contributed by atoms with E-state index in [1.165, 1.54) is 24.4 Å². The normalized spacial score (nSPS) is 11.1. The number of hydrogen-bond acceptors (Lipinski definition) is 6. The molecule has 0 aliphatic heterocycles. The molecule has 146 valence electrons. The van der Waals surface area contributed by atoms with Crippen LogP contribution < -0.4 is 10.2 Å². The van der Waals surface area contributed by atoms with Gasteiger partial charge in [0, 0.05) is 17.8 Å². The molecule has 0 fully saturated rings. The van der Waals surface area contributed by atoms with E-state index in [1.54, 1.807) is 43.5 Å². The lowest BCUT2D eigenvalue weighted by molar-refractivity contribution is -0.385. The highest BCUT2D eigenvalue weighted by Crippen LogP contribution is 2.21. The van der Waals surface area contributed by atoms with Crippen molar-refractivity contribution in [3.63, 3.8) is 0 Å². The highest BCUT2D eigenvalue weighted by Gasteiger charge is 2.11. The number of nitrogens with zero attached hydrogens (tertiary/aromatic N) is 3. The smallest absolute Gasteiger partial charge is 0.289 e. The van der Waals surface area contributed by atoms with Crippen molar-refractivity contribution in [2.75, 3.05) is 7.11 Å². The maximum absolute atomic E-state index is 12.1. The van der Waals surface area contributed by atoms with E-state index in [-0.39, 0.29) is 11.4 Å². The molecule has 0 saturated carbocycles. The van der Waals surface area contributed by atoms with E-state index in [0.29, 0.717) is 11.3 Å². The first-order valence-electron chi connectivity index (χ1n) is 8.52. The summed E-state index contributed by atoms with van der Waals surface area (Å²) in [5.41, 5.74) is 4.47. The average Bonchev–Trinajstić information content (AvgIpc) is 3.24. The fourth-order valence-corrected chi connectivity index (χ4v) is 2.49. The van der Waals surface area contributed by atoms with Crippen LogP contribution in [0.2, 0.25) is 0 Å².